The van der Waals surface area contributed by atoms with Crippen LogP contribution in [-0.2, 0) is 21.4 Å². The van der Waals surface area contributed by atoms with E-state index in [4.69, 9.17) is 4.74 Å². The van der Waals surface area contributed by atoms with Crippen molar-refractivity contribution in [2.24, 2.45) is 7.05 Å². The SMILES string of the molecule is COC[C@@H](NC(=O)CN1C(=O)CNC1=O)c1ccnn1C. The average Bonchev–Trinajstić information content (AvgIpc) is 2.99. The predicted octanol–water partition coefficient (Wildman–Crippen LogP) is -1.22. The van der Waals surface area contributed by atoms with Crippen LogP contribution in [0.2, 0.25) is 0 Å². The van der Waals surface area contributed by atoms with E-state index >= 15 is 0 Å². The van der Waals surface area contributed by atoms with Crippen molar-refractivity contribution in [1.82, 2.24) is 25.3 Å². The van der Waals surface area contributed by atoms with E-state index in [1.807, 2.05) is 0 Å². The van der Waals surface area contributed by atoms with E-state index in [1.165, 1.54) is 7.11 Å². The molecule has 1 fully saturated rings. The van der Waals surface area contributed by atoms with E-state index in [-0.39, 0.29) is 19.7 Å². The number of hydrogen-bond acceptors (Lipinski definition) is 5. The molecule has 21 heavy (non-hydrogen) atoms. The second-order valence-corrected chi connectivity index (χ2v) is 4.59. The Kier molecular flexibility index (Phi) is 4.53. The Balaban J connectivity index is 2.00. The smallest absolute Gasteiger partial charge is 0.325 e. The molecule has 2 N–H and O–H groups in total. The summed E-state index contributed by atoms with van der Waals surface area (Å²) in [6, 6.07) is 0.798. The van der Waals surface area contributed by atoms with Gasteiger partial charge in [-0.15, -0.1) is 0 Å². The number of rotatable bonds is 6. The van der Waals surface area contributed by atoms with Crippen molar-refractivity contribution in [3.05, 3.63) is 18.0 Å². The number of aromatic nitrogens is 2. The quantitative estimate of drug-likeness (QED) is 0.640. The fourth-order valence-electron chi connectivity index (χ4n) is 2.09. The number of hydrogen-bond donors (Lipinski definition) is 2. The minimum Gasteiger partial charge on any atom is -0.382 e. The van der Waals surface area contributed by atoms with Gasteiger partial charge in [0.25, 0.3) is 5.91 Å². The number of urea groups is 1. The van der Waals surface area contributed by atoms with E-state index in [2.05, 4.69) is 15.7 Å². The molecule has 2 rings (SSSR count). The molecule has 0 saturated carbocycles. The van der Waals surface area contributed by atoms with Gasteiger partial charge in [0.2, 0.25) is 5.91 Å². The lowest BCUT2D eigenvalue weighted by Crippen LogP contribution is -2.43. The third-order valence-electron chi connectivity index (χ3n) is 3.12. The number of ether oxygens (including phenoxy) is 1. The number of nitrogens with one attached hydrogen (secondary N) is 2. The molecule has 0 radical (unpaired) electrons. The van der Waals surface area contributed by atoms with Crippen LogP contribution in [0.1, 0.15) is 11.7 Å². The summed E-state index contributed by atoms with van der Waals surface area (Å²) in [7, 11) is 3.27. The average molecular weight is 295 g/mol. The second-order valence-electron chi connectivity index (χ2n) is 4.59. The molecule has 4 amide bonds. The Hall–Kier alpha value is -2.42. The minimum atomic E-state index is -0.557. The van der Waals surface area contributed by atoms with E-state index in [1.54, 1.807) is 24.0 Å². The third kappa shape index (κ3) is 3.37. The summed E-state index contributed by atoms with van der Waals surface area (Å²) in [5.74, 6) is -0.859. The molecule has 1 saturated heterocycles. The van der Waals surface area contributed by atoms with Crippen LogP contribution in [0.3, 0.4) is 0 Å². The number of aryl methyl sites for hydroxylation is 1. The number of carbonyl (C=O) groups is 3. The first-order chi connectivity index (χ1) is 10.0. The van der Waals surface area contributed by atoms with Gasteiger partial charge in [-0.3, -0.25) is 19.2 Å². The summed E-state index contributed by atoms with van der Waals surface area (Å²) in [5, 5.41) is 9.12. The predicted molar refractivity (Wildman–Crippen MR) is 71.1 cm³/mol. The summed E-state index contributed by atoms with van der Waals surface area (Å²) >= 11 is 0. The minimum absolute atomic E-state index is 0.0741. The molecule has 9 nitrogen and oxygen atoms in total. The maximum atomic E-state index is 12.0. The van der Waals surface area contributed by atoms with Crippen LogP contribution in [0.5, 0.6) is 0 Å². The number of imide groups is 1. The van der Waals surface area contributed by atoms with Gasteiger partial charge >= 0.3 is 6.03 Å². The monoisotopic (exact) mass is 295 g/mol. The van der Waals surface area contributed by atoms with Crippen LogP contribution >= 0.6 is 0 Å². The van der Waals surface area contributed by atoms with Crippen molar-refractivity contribution in [2.45, 2.75) is 6.04 Å². The van der Waals surface area contributed by atoms with Crippen LogP contribution in [0.25, 0.3) is 0 Å². The molecule has 1 aromatic rings. The molecule has 0 unspecified atom stereocenters. The first kappa shape index (κ1) is 15.0. The molecule has 114 valence electrons. The van der Waals surface area contributed by atoms with Crippen molar-refractivity contribution < 1.29 is 19.1 Å². The Bertz CT molecular complexity index is 540. The number of amides is 4. The fraction of sp³-hybridized carbons (Fsp3) is 0.500. The highest BCUT2D eigenvalue weighted by molar-refractivity contribution is 6.04. The van der Waals surface area contributed by atoms with Crippen molar-refractivity contribution in [3.63, 3.8) is 0 Å². The van der Waals surface area contributed by atoms with Gasteiger partial charge in [0.15, 0.2) is 0 Å². The summed E-state index contributed by atoms with van der Waals surface area (Å²) in [5.41, 5.74) is 0.766. The first-order valence-electron chi connectivity index (χ1n) is 6.37. The van der Waals surface area contributed by atoms with Crippen LogP contribution in [0.15, 0.2) is 12.3 Å². The fourth-order valence-corrected chi connectivity index (χ4v) is 2.09. The number of nitrogens with zero attached hydrogens (tertiary/aromatic N) is 3. The molecule has 1 aliphatic heterocycles. The normalized spacial score (nSPS) is 16.0. The summed E-state index contributed by atoms with van der Waals surface area (Å²) < 4.78 is 6.70. The molecule has 0 aliphatic carbocycles. The van der Waals surface area contributed by atoms with Gasteiger partial charge in [-0.25, -0.2) is 4.79 Å². The highest BCUT2D eigenvalue weighted by atomic mass is 16.5. The summed E-state index contributed by atoms with van der Waals surface area (Å²) in [6.07, 6.45) is 1.61. The van der Waals surface area contributed by atoms with Crippen molar-refractivity contribution >= 4 is 17.8 Å². The Morgan fingerprint density at radius 3 is 2.86 bits per heavy atom. The van der Waals surface area contributed by atoms with E-state index < -0.39 is 23.9 Å². The lowest BCUT2D eigenvalue weighted by atomic mass is 10.2. The maximum Gasteiger partial charge on any atom is 0.325 e. The van der Waals surface area contributed by atoms with Gasteiger partial charge in [-0.1, -0.05) is 0 Å². The molecule has 0 aromatic carbocycles. The lowest BCUT2D eigenvalue weighted by molar-refractivity contribution is -0.131. The van der Waals surface area contributed by atoms with Crippen LogP contribution in [-0.4, -0.2) is 59.3 Å². The van der Waals surface area contributed by atoms with E-state index in [0.29, 0.717) is 0 Å². The Morgan fingerprint density at radius 2 is 2.33 bits per heavy atom. The first-order valence-corrected chi connectivity index (χ1v) is 6.37. The third-order valence-corrected chi connectivity index (χ3v) is 3.12. The lowest BCUT2D eigenvalue weighted by Gasteiger charge is -2.20. The summed E-state index contributed by atoms with van der Waals surface area (Å²) in [6.45, 7) is -0.135. The van der Waals surface area contributed by atoms with Crippen LogP contribution in [0.4, 0.5) is 4.79 Å². The molecule has 0 spiro atoms. The zero-order valence-corrected chi connectivity index (χ0v) is 11.8. The van der Waals surface area contributed by atoms with Gasteiger partial charge in [0, 0.05) is 20.4 Å². The van der Waals surface area contributed by atoms with Gasteiger partial charge in [0.05, 0.1) is 24.9 Å². The highest BCUT2D eigenvalue weighted by Crippen LogP contribution is 2.12. The van der Waals surface area contributed by atoms with E-state index in [9.17, 15) is 14.4 Å². The molecular formula is C12H17N5O4. The number of methoxy groups -OCH3 is 1. The summed E-state index contributed by atoms with van der Waals surface area (Å²) in [4.78, 5) is 35.7. The standard InChI is InChI=1S/C12H17N5O4/c1-16-9(3-4-14-16)8(7-21-2)15-10(18)6-17-11(19)5-13-12(17)20/h3-4,8H,5-7H2,1-2H3,(H,13,20)(H,15,18)/t8-/m1/s1. The van der Waals surface area contributed by atoms with Crippen molar-refractivity contribution in [3.8, 4) is 0 Å². The maximum absolute atomic E-state index is 12.0. The van der Waals surface area contributed by atoms with Crippen LogP contribution < -0.4 is 10.6 Å². The van der Waals surface area contributed by atoms with Gasteiger partial charge in [0.1, 0.15) is 6.54 Å². The zero-order chi connectivity index (χ0) is 15.4. The largest absolute Gasteiger partial charge is 0.382 e. The second kappa shape index (κ2) is 6.35. The zero-order valence-electron chi connectivity index (χ0n) is 11.8. The molecule has 9 heteroatoms. The topological polar surface area (TPSA) is 106 Å². The highest BCUT2D eigenvalue weighted by Gasteiger charge is 2.31. The molecule has 1 aliphatic rings. The van der Waals surface area contributed by atoms with Crippen molar-refractivity contribution in [2.75, 3.05) is 26.8 Å². The molecule has 2 heterocycles. The van der Waals surface area contributed by atoms with E-state index in [0.717, 1.165) is 10.6 Å². The Morgan fingerprint density at radius 1 is 1.57 bits per heavy atom. The van der Waals surface area contributed by atoms with Gasteiger partial charge < -0.3 is 15.4 Å². The Labute approximate surface area is 121 Å². The van der Waals surface area contributed by atoms with Crippen LogP contribution in [0, 0.1) is 0 Å². The molecule has 1 aromatic heterocycles. The van der Waals surface area contributed by atoms with Crippen molar-refractivity contribution in [1.29, 1.82) is 0 Å². The molecule has 1 atom stereocenters. The van der Waals surface area contributed by atoms with Gasteiger partial charge in [-0.2, -0.15) is 5.10 Å². The molecule has 0 bridgehead atoms. The number of carbonyl (C=O) groups excluding carboxylic acids is 3. The van der Waals surface area contributed by atoms with Gasteiger partial charge in [-0.05, 0) is 6.07 Å². The molecular weight excluding hydrogens is 278 g/mol.